The standard InChI is InChI=1S/C12H18N2O4S/c1-19-8-5-10(11(15)16)14-12(17)13-6-4-9-3-2-7-18-9/h2-3,7,10H,4-6,8H2,1H3,(H,15,16)(H2,13,14,17)/t10-/m0/s1. The van der Waals surface area contributed by atoms with E-state index in [1.165, 1.54) is 0 Å². The maximum Gasteiger partial charge on any atom is 0.326 e. The van der Waals surface area contributed by atoms with Gasteiger partial charge in [0.2, 0.25) is 0 Å². The average Bonchev–Trinajstić information content (AvgIpc) is 2.87. The lowest BCUT2D eigenvalue weighted by Crippen LogP contribution is -2.46. The van der Waals surface area contributed by atoms with E-state index in [0.29, 0.717) is 25.1 Å². The van der Waals surface area contributed by atoms with Gasteiger partial charge in [-0.05, 0) is 30.6 Å². The zero-order chi connectivity index (χ0) is 14.1. The van der Waals surface area contributed by atoms with E-state index in [0.717, 1.165) is 5.76 Å². The summed E-state index contributed by atoms with van der Waals surface area (Å²) in [5.41, 5.74) is 0. The summed E-state index contributed by atoms with van der Waals surface area (Å²) in [7, 11) is 0. The Morgan fingerprint density at radius 2 is 2.32 bits per heavy atom. The van der Waals surface area contributed by atoms with Gasteiger partial charge in [-0.25, -0.2) is 9.59 Å². The first-order valence-electron chi connectivity index (χ1n) is 5.92. The number of carbonyl (C=O) groups is 2. The zero-order valence-electron chi connectivity index (χ0n) is 10.7. The van der Waals surface area contributed by atoms with Crippen molar-refractivity contribution < 1.29 is 19.1 Å². The first-order valence-corrected chi connectivity index (χ1v) is 7.31. The van der Waals surface area contributed by atoms with Gasteiger partial charge in [0.15, 0.2) is 0 Å². The van der Waals surface area contributed by atoms with E-state index >= 15 is 0 Å². The summed E-state index contributed by atoms with van der Waals surface area (Å²) in [6, 6.07) is 2.27. The molecule has 1 aromatic heterocycles. The summed E-state index contributed by atoms with van der Waals surface area (Å²) in [4.78, 5) is 22.5. The molecule has 0 bridgehead atoms. The number of carboxylic acid groups (broad SMARTS) is 1. The molecule has 0 aromatic carbocycles. The minimum absolute atomic E-state index is 0.397. The second-order valence-electron chi connectivity index (χ2n) is 3.90. The van der Waals surface area contributed by atoms with Gasteiger partial charge in [-0.3, -0.25) is 0 Å². The van der Waals surface area contributed by atoms with Gasteiger partial charge in [0.05, 0.1) is 6.26 Å². The minimum atomic E-state index is -1.02. The number of hydrogen-bond donors (Lipinski definition) is 3. The summed E-state index contributed by atoms with van der Waals surface area (Å²) in [5.74, 6) is 0.441. The van der Waals surface area contributed by atoms with Crippen molar-refractivity contribution in [1.29, 1.82) is 0 Å². The number of aliphatic carboxylic acids is 1. The Morgan fingerprint density at radius 1 is 1.53 bits per heavy atom. The fourth-order valence-corrected chi connectivity index (χ4v) is 1.93. The van der Waals surface area contributed by atoms with Crippen LogP contribution in [-0.4, -0.2) is 41.7 Å². The first-order chi connectivity index (χ1) is 9.13. The van der Waals surface area contributed by atoms with E-state index in [-0.39, 0.29) is 0 Å². The predicted molar refractivity (Wildman–Crippen MR) is 73.4 cm³/mol. The van der Waals surface area contributed by atoms with Crippen LogP contribution in [0.4, 0.5) is 4.79 Å². The predicted octanol–water partition coefficient (Wildman–Crippen LogP) is 1.33. The van der Waals surface area contributed by atoms with Gasteiger partial charge in [-0.15, -0.1) is 0 Å². The number of hydrogen-bond acceptors (Lipinski definition) is 4. The van der Waals surface area contributed by atoms with Crippen molar-refractivity contribution in [1.82, 2.24) is 10.6 Å². The van der Waals surface area contributed by atoms with Crippen LogP contribution in [-0.2, 0) is 11.2 Å². The zero-order valence-corrected chi connectivity index (χ0v) is 11.5. The van der Waals surface area contributed by atoms with Crippen LogP contribution < -0.4 is 10.6 Å². The number of rotatable bonds is 8. The summed E-state index contributed by atoms with van der Waals surface area (Å²) >= 11 is 1.54. The molecule has 0 aliphatic carbocycles. The normalized spacial score (nSPS) is 11.8. The number of urea groups is 1. The van der Waals surface area contributed by atoms with Gasteiger partial charge in [0.1, 0.15) is 11.8 Å². The molecule has 0 fully saturated rings. The van der Waals surface area contributed by atoms with Crippen molar-refractivity contribution in [3.8, 4) is 0 Å². The lowest BCUT2D eigenvalue weighted by molar-refractivity contribution is -0.139. The van der Waals surface area contributed by atoms with Crippen LogP contribution in [0, 0.1) is 0 Å². The number of carbonyl (C=O) groups excluding carboxylic acids is 1. The van der Waals surface area contributed by atoms with E-state index in [2.05, 4.69) is 10.6 Å². The fraction of sp³-hybridized carbons (Fsp3) is 0.500. The summed E-state index contributed by atoms with van der Waals surface area (Å²) < 4.78 is 5.12. The first kappa shape index (κ1) is 15.4. The highest BCUT2D eigenvalue weighted by molar-refractivity contribution is 7.98. The molecule has 19 heavy (non-hydrogen) atoms. The Hall–Kier alpha value is -1.63. The van der Waals surface area contributed by atoms with Gasteiger partial charge in [0.25, 0.3) is 0 Å². The molecule has 1 heterocycles. The minimum Gasteiger partial charge on any atom is -0.480 e. The Balaban J connectivity index is 2.25. The maximum absolute atomic E-state index is 11.5. The topological polar surface area (TPSA) is 91.6 Å². The molecule has 0 unspecified atom stereocenters. The molecule has 0 aliphatic heterocycles. The van der Waals surface area contributed by atoms with Gasteiger partial charge in [0, 0.05) is 13.0 Å². The largest absolute Gasteiger partial charge is 0.480 e. The average molecular weight is 286 g/mol. The van der Waals surface area contributed by atoms with Crippen LogP contribution in [0.3, 0.4) is 0 Å². The molecule has 0 aliphatic rings. The molecular formula is C12H18N2O4S. The lowest BCUT2D eigenvalue weighted by Gasteiger charge is -2.14. The maximum atomic E-state index is 11.5. The Bertz CT molecular complexity index is 394. The number of carboxylic acids is 1. The molecule has 1 aromatic rings. The highest BCUT2D eigenvalue weighted by Gasteiger charge is 2.18. The van der Waals surface area contributed by atoms with Crippen molar-refractivity contribution in [3.63, 3.8) is 0 Å². The van der Waals surface area contributed by atoms with E-state index < -0.39 is 18.0 Å². The molecule has 0 saturated carbocycles. The van der Waals surface area contributed by atoms with E-state index in [4.69, 9.17) is 9.52 Å². The third kappa shape index (κ3) is 6.19. The summed E-state index contributed by atoms with van der Waals surface area (Å²) in [5, 5.41) is 14.0. The van der Waals surface area contributed by atoms with Gasteiger partial charge in [-0.2, -0.15) is 11.8 Å². The van der Waals surface area contributed by atoms with Gasteiger partial charge in [-0.1, -0.05) is 0 Å². The molecule has 1 rings (SSSR count). The highest BCUT2D eigenvalue weighted by atomic mass is 32.2. The molecular weight excluding hydrogens is 268 g/mol. The Labute approximate surface area is 115 Å². The van der Waals surface area contributed by atoms with Crippen molar-refractivity contribution >= 4 is 23.8 Å². The van der Waals surface area contributed by atoms with Crippen LogP contribution >= 0.6 is 11.8 Å². The Kier molecular flexibility index (Phi) is 6.88. The molecule has 1 atom stereocenters. The van der Waals surface area contributed by atoms with Crippen molar-refractivity contribution in [2.45, 2.75) is 18.9 Å². The third-order valence-electron chi connectivity index (χ3n) is 2.45. The quantitative estimate of drug-likeness (QED) is 0.670. The summed E-state index contributed by atoms with van der Waals surface area (Å²) in [6.45, 7) is 0.397. The van der Waals surface area contributed by atoms with Crippen LogP contribution in [0.2, 0.25) is 0 Å². The van der Waals surface area contributed by atoms with Gasteiger partial charge >= 0.3 is 12.0 Å². The van der Waals surface area contributed by atoms with Crippen LogP contribution in [0.25, 0.3) is 0 Å². The van der Waals surface area contributed by atoms with Crippen molar-refractivity contribution in [3.05, 3.63) is 24.2 Å². The molecule has 3 N–H and O–H groups in total. The molecule has 6 nitrogen and oxygen atoms in total. The number of thioether (sulfide) groups is 1. The molecule has 2 amide bonds. The van der Waals surface area contributed by atoms with Gasteiger partial charge < -0.3 is 20.2 Å². The Morgan fingerprint density at radius 3 is 2.89 bits per heavy atom. The molecule has 0 saturated heterocycles. The fourth-order valence-electron chi connectivity index (χ4n) is 1.46. The molecule has 106 valence electrons. The van der Waals surface area contributed by atoms with Crippen LogP contribution in [0.5, 0.6) is 0 Å². The second kappa shape index (κ2) is 8.47. The third-order valence-corrected chi connectivity index (χ3v) is 3.10. The lowest BCUT2D eigenvalue weighted by atomic mass is 10.2. The molecule has 0 spiro atoms. The van der Waals surface area contributed by atoms with Crippen LogP contribution in [0.1, 0.15) is 12.2 Å². The van der Waals surface area contributed by atoms with E-state index in [9.17, 15) is 9.59 Å². The monoisotopic (exact) mass is 286 g/mol. The highest BCUT2D eigenvalue weighted by Crippen LogP contribution is 2.01. The SMILES string of the molecule is CSCC[C@H](NC(=O)NCCc1ccco1)C(=O)O. The van der Waals surface area contributed by atoms with E-state index in [1.54, 1.807) is 24.1 Å². The summed E-state index contributed by atoms with van der Waals surface area (Å²) in [6.07, 6.45) is 4.44. The van der Waals surface area contributed by atoms with Crippen LogP contribution in [0.15, 0.2) is 22.8 Å². The number of amides is 2. The molecule has 0 radical (unpaired) electrons. The van der Waals surface area contributed by atoms with E-state index in [1.807, 2.05) is 12.3 Å². The van der Waals surface area contributed by atoms with Crippen molar-refractivity contribution in [2.24, 2.45) is 0 Å². The smallest absolute Gasteiger partial charge is 0.326 e. The van der Waals surface area contributed by atoms with Crippen molar-refractivity contribution in [2.75, 3.05) is 18.6 Å². The number of furan rings is 1. The second-order valence-corrected chi connectivity index (χ2v) is 4.89. The molecule has 7 heteroatoms. The number of nitrogens with one attached hydrogen (secondary N) is 2.